The molecule has 2 aromatic heterocycles. The van der Waals surface area contributed by atoms with Crippen molar-refractivity contribution in [2.24, 2.45) is 7.05 Å². The van der Waals surface area contributed by atoms with E-state index < -0.39 is 0 Å². The van der Waals surface area contributed by atoms with E-state index in [2.05, 4.69) is 30.8 Å². The second kappa shape index (κ2) is 6.94. The quantitative estimate of drug-likeness (QED) is 0.595. The first-order valence-electron chi connectivity index (χ1n) is 6.15. The van der Waals surface area contributed by atoms with Crippen LogP contribution in [0.25, 0.3) is 0 Å². The molecule has 0 fully saturated rings. The normalized spacial score (nSPS) is 10.5. The summed E-state index contributed by atoms with van der Waals surface area (Å²) in [6.45, 7) is 2.49. The molecule has 2 rings (SSSR count). The van der Waals surface area contributed by atoms with Gasteiger partial charge in [-0.1, -0.05) is 18.7 Å². The van der Waals surface area contributed by atoms with Crippen molar-refractivity contribution in [1.29, 1.82) is 0 Å². The van der Waals surface area contributed by atoms with Crippen LogP contribution in [0.1, 0.15) is 23.1 Å². The van der Waals surface area contributed by atoms with Gasteiger partial charge < -0.3 is 5.32 Å². The van der Waals surface area contributed by atoms with E-state index in [-0.39, 0.29) is 5.91 Å². The molecule has 2 aromatic rings. The molecule has 0 atom stereocenters. The first kappa shape index (κ1) is 14.4. The summed E-state index contributed by atoms with van der Waals surface area (Å²) in [6, 6.07) is 0. The van der Waals surface area contributed by atoms with Gasteiger partial charge in [0.25, 0.3) is 5.91 Å². The number of carbonyl (C=O) groups excluding carboxylic acids is 1. The van der Waals surface area contributed by atoms with Crippen molar-refractivity contribution in [1.82, 2.24) is 35.5 Å². The highest BCUT2D eigenvalue weighted by Crippen LogP contribution is 2.10. The van der Waals surface area contributed by atoms with Crippen LogP contribution in [0.3, 0.4) is 0 Å². The molecule has 0 aliphatic heterocycles. The van der Waals surface area contributed by atoms with Crippen LogP contribution in [-0.4, -0.2) is 48.4 Å². The lowest BCUT2D eigenvalue weighted by molar-refractivity contribution is 0.0955. The average Bonchev–Trinajstić information content (AvgIpc) is 2.89. The molecule has 0 unspecified atom stereocenters. The van der Waals surface area contributed by atoms with E-state index in [0.717, 1.165) is 17.4 Å². The number of rotatable bonds is 6. The zero-order chi connectivity index (χ0) is 14.4. The van der Waals surface area contributed by atoms with Crippen molar-refractivity contribution in [3.8, 4) is 0 Å². The van der Waals surface area contributed by atoms with E-state index in [1.165, 1.54) is 11.8 Å². The summed E-state index contributed by atoms with van der Waals surface area (Å²) in [5.74, 6) is 1.24. The number of carbonyl (C=O) groups is 1. The molecule has 1 amide bonds. The van der Waals surface area contributed by atoms with Crippen LogP contribution in [0, 0.1) is 0 Å². The summed E-state index contributed by atoms with van der Waals surface area (Å²) in [4.78, 5) is 20.0. The Morgan fingerprint density at radius 1 is 1.40 bits per heavy atom. The monoisotopic (exact) mass is 293 g/mol. The SMILES string of the molecule is CCc1ncc(C(=O)NCCSc2nnnn2C)cn1. The Bertz CT molecular complexity index is 568. The van der Waals surface area contributed by atoms with Crippen molar-refractivity contribution in [2.45, 2.75) is 18.5 Å². The van der Waals surface area contributed by atoms with Crippen molar-refractivity contribution in [3.63, 3.8) is 0 Å². The Morgan fingerprint density at radius 3 is 2.75 bits per heavy atom. The highest BCUT2D eigenvalue weighted by molar-refractivity contribution is 7.99. The summed E-state index contributed by atoms with van der Waals surface area (Å²) in [5.41, 5.74) is 0.465. The van der Waals surface area contributed by atoms with Gasteiger partial charge in [-0.25, -0.2) is 14.6 Å². The summed E-state index contributed by atoms with van der Waals surface area (Å²) in [5, 5.41) is 14.6. The Labute approximate surface area is 120 Å². The first-order valence-corrected chi connectivity index (χ1v) is 7.13. The maximum Gasteiger partial charge on any atom is 0.254 e. The van der Waals surface area contributed by atoms with Crippen molar-refractivity contribution in [3.05, 3.63) is 23.8 Å². The molecule has 20 heavy (non-hydrogen) atoms. The molecule has 0 saturated heterocycles. The second-order valence-corrected chi connectivity index (χ2v) is 4.99. The molecule has 2 heterocycles. The third-order valence-electron chi connectivity index (χ3n) is 2.48. The second-order valence-electron chi connectivity index (χ2n) is 3.93. The van der Waals surface area contributed by atoms with Crippen molar-refractivity contribution in [2.75, 3.05) is 12.3 Å². The molecular formula is C11H15N7OS. The zero-order valence-corrected chi connectivity index (χ0v) is 12.1. The fourth-order valence-corrected chi connectivity index (χ4v) is 2.11. The van der Waals surface area contributed by atoms with Crippen LogP contribution < -0.4 is 5.32 Å². The molecule has 0 spiro atoms. The van der Waals surface area contributed by atoms with Crippen LogP contribution in [0.5, 0.6) is 0 Å². The van der Waals surface area contributed by atoms with Gasteiger partial charge in [-0.3, -0.25) is 4.79 Å². The highest BCUT2D eigenvalue weighted by atomic mass is 32.2. The number of nitrogens with zero attached hydrogens (tertiary/aromatic N) is 6. The Balaban J connectivity index is 1.76. The number of hydrogen-bond donors (Lipinski definition) is 1. The number of thioether (sulfide) groups is 1. The van der Waals surface area contributed by atoms with E-state index >= 15 is 0 Å². The Kier molecular flexibility index (Phi) is 4.99. The third kappa shape index (κ3) is 3.73. The summed E-state index contributed by atoms with van der Waals surface area (Å²) >= 11 is 1.48. The number of amides is 1. The van der Waals surface area contributed by atoms with Crippen LogP contribution in [-0.2, 0) is 13.5 Å². The number of tetrazole rings is 1. The third-order valence-corrected chi connectivity index (χ3v) is 3.50. The highest BCUT2D eigenvalue weighted by Gasteiger charge is 2.07. The maximum absolute atomic E-state index is 11.8. The summed E-state index contributed by atoms with van der Waals surface area (Å²) in [7, 11) is 1.77. The van der Waals surface area contributed by atoms with Crippen molar-refractivity contribution < 1.29 is 4.79 Å². The van der Waals surface area contributed by atoms with Crippen molar-refractivity contribution >= 4 is 17.7 Å². The average molecular weight is 293 g/mol. The predicted molar refractivity (Wildman–Crippen MR) is 73.3 cm³/mol. The van der Waals surface area contributed by atoms with Gasteiger partial charge in [0, 0.05) is 38.2 Å². The van der Waals surface area contributed by atoms with E-state index in [1.807, 2.05) is 6.92 Å². The Hall–Kier alpha value is -2.03. The molecule has 8 nitrogen and oxygen atoms in total. The first-order chi connectivity index (χ1) is 9.70. The van der Waals surface area contributed by atoms with Crippen LogP contribution in [0.2, 0.25) is 0 Å². The molecule has 0 aliphatic carbocycles. The minimum absolute atomic E-state index is 0.177. The van der Waals surface area contributed by atoms with Gasteiger partial charge in [0.2, 0.25) is 5.16 Å². The minimum Gasteiger partial charge on any atom is -0.351 e. The molecule has 0 aromatic carbocycles. The molecule has 0 radical (unpaired) electrons. The molecule has 0 bridgehead atoms. The molecule has 0 aliphatic rings. The van der Waals surface area contributed by atoms with Gasteiger partial charge in [0.05, 0.1) is 5.56 Å². The van der Waals surface area contributed by atoms with Gasteiger partial charge in [-0.2, -0.15) is 0 Å². The lowest BCUT2D eigenvalue weighted by Crippen LogP contribution is -2.26. The zero-order valence-electron chi connectivity index (χ0n) is 11.3. The fourth-order valence-electron chi connectivity index (χ4n) is 1.41. The number of hydrogen-bond acceptors (Lipinski definition) is 7. The fraction of sp³-hybridized carbons (Fsp3) is 0.455. The summed E-state index contributed by atoms with van der Waals surface area (Å²) < 4.78 is 1.59. The molecular weight excluding hydrogens is 278 g/mol. The van der Waals surface area contributed by atoms with Crippen LogP contribution in [0.15, 0.2) is 17.6 Å². The summed E-state index contributed by atoms with van der Waals surface area (Å²) in [6.07, 6.45) is 3.84. The molecule has 106 valence electrons. The number of nitrogens with one attached hydrogen (secondary N) is 1. The van der Waals surface area contributed by atoms with E-state index in [4.69, 9.17) is 0 Å². The topological polar surface area (TPSA) is 98.5 Å². The van der Waals surface area contributed by atoms with Gasteiger partial charge >= 0.3 is 0 Å². The smallest absolute Gasteiger partial charge is 0.254 e. The lowest BCUT2D eigenvalue weighted by atomic mass is 10.3. The van der Waals surface area contributed by atoms with Gasteiger partial charge in [-0.05, 0) is 10.4 Å². The lowest BCUT2D eigenvalue weighted by Gasteiger charge is -2.04. The molecule has 9 heteroatoms. The minimum atomic E-state index is -0.177. The van der Waals surface area contributed by atoms with E-state index in [9.17, 15) is 4.79 Å². The largest absolute Gasteiger partial charge is 0.351 e. The van der Waals surface area contributed by atoms with Crippen LogP contribution in [0.4, 0.5) is 0 Å². The molecule has 0 saturated carbocycles. The molecule has 1 N–H and O–H groups in total. The maximum atomic E-state index is 11.8. The van der Waals surface area contributed by atoms with Gasteiger partial charge in [0.1, 0.15) is 5.82 Å². The van der Waals surface area contributed by atoms with Crippen LogP contribution >= 0.6 is 11.8 Å². The van der Waals surface area contributed by atoms with Gasteiger partial charge in [-0.15, -0.1) is 5.10 Å². The standard InChI is InChI=1S/C11H15N7OS/c1-3-9-13-6-8(7-14-9)10(19)12-4-5-20-11-15-16-17-18(11)2/h6-7H,3-5H2,1-2H3,(H,12,19). The Morgan fingerprint density at radius 2 is 2.15 bits per heavy atom. The van der Waals surface area contributed by atoms with E-state index in [1.54, 1.807) is 24.1 Å². The predicted octanol–water partition coefficient (Wildman–Crippen LogP) is 0.0846. The van der Waals surface area contributed by atoms with Gasteiger partial charge in [0.15, 0.2) is 0 Å². The van der Waals surface area contributed by atoms with E-state index in [0.29, 0.717) is 17.9 Å². The number of aromatic nitrogens is 6. The number of aryl methyl sites for hydroxylation is 2.